The maximum Gasteiger partial charge on any atom is 0.273 e. The van der Waals surface area contributed by atoms with E-state index in [1.54, 1.807) is 24.4 Å². The molecule has 0 atom stereocenters. The topological polar surface area (TPSA) is 71.5 Å². The van der Waals surface area contributed by atoms with E-state index in [4.69, 9.17) is 4.74 Å². The number of nitrogens with one attached hydrogen (secondary N) is 1. The van der Waals surface area contributed by atoms with Gasteiger partial charge in [-0.15, -0.1) is 0 Å². The van der Waals surface area contributed by atoms with E-state index in [9.17, 15) is 9.90 Å². The number of aliphatic hydroxyl groups is 1. The van der Waals surface area contributed by atoms with Crippen molar-refractivity contribution in [2.24, 2.45) is 0 Å². The Morgan fingerprint density at radius 2 is 2.30 bits per heavy atom. The van der Waals surface area contributed by atoms with Crippen LogP contribution in [0.2, 0.25) is 0 Å². The van der Waals surface area contributed by atoms with Crippen LogP contribution in [0.5, 0.6) is 5.75 Å². The van der Waals surface area contributed by atoms with Gasteiger partial charge in [-0.25, -0.2) is 4.98 Å². The minimum atomic E-state index is -0.771. The van der Waals surface area contributed by atoms with Gasteiger partial charge in [0.15, 0.2) is 11.4 Å². The molecular formula is C15H20N2O3. The molecule has 2 N–H and O–H groups in total. The van der Waals surface area contributed by atoms with Crippen LogP contribution >= 0.6 is 0 Å². The van der Waals surface area contributed by atoms with Crippen LogP contribution in [0, 0.1) is 0 Å². The molecule has 5 heteroatoms. The molecule has 1 heterocycles. The van der Waals surface area contributed by atoms with Crippen LogP contribution in [0.25, 0.3) is 0 Å². The summed E-state index contributed by atoms with van der Waals surface area (Å²) in [6.45, 7) is 4.14. The van der Waals surface area contributed by atoms with E-state index in [1.807, 2.05) is 0 Å². The smallest absolute Gasteiger partial charge is 0.273 e. The van der Waals surface area contributed by atoms with Crippen LogP contribution in [0.4, 0.5) is 0 Å². The number of rotatable bonds is 6. The maximum absolute atomic E-state index is 12.1. The highest BCUT2D eigenvalue weighted by atomic mass is 16.5. The van der Waals surface area contributed by atoms with E-state index in [0.29, 0.717) is 12.4 Å². The van der Waals surface area contributed by atoms with Gasteiger partial charge in [0.1, 0.15) is 6.61 Å². The molecule has 1 fully saturated rings. The molecule has 2 rings (SSSR count). The van der Waals surface area contributed by atoms with Crippen molar-refractivity contribution in [3.05, 3.63) is 36.7 Å². The van der Waals surface area contributed by atoms with E-state index < -0.39 is 5.60 Å². The number of nitrogens with zero attached hydrogens (tertiary/aromatic N) is 1. The van der Waals surface area contributed by atoms with Gasteiger partial charge in [-0.3, -0.25) is 4.79 Å². The van der Waals surface area contributed by atoms with Crippen LogP contribution in [-0.4, -0.2) is 34.8 Å². The second-order valence-electron chi connectivity index (χ2n) is 5.06. The maximum atomic E-state index is 12.1. The minimum Gasteiger partial charge on any atom is -0.487 e. The number of carbonyl (C=O) groups excluding carboxylic acids is 1. The highest BCUT2D eigenvalue weighted by Gasteiger charge is 2.31. The summed E-state index contributed by atoms with van der Waals surface area (Å²) in [6, 6.07) is 3.40. The van der Waals surface area contributed by atoms with Crippen molar-refractivity contribution in [1.29, 1.82) is 0 Å². The molecule has 0 spiro atoms. The molecule has 1 aliphatic carbocycles. The van der Waals surface area contributed by atoms with Crippen molar-refractivity contribution in [2.45, 2.75) is 31.3 Å². The van der Waals surface area contributed by atoms with Gasteiger partial charge in [-0.1, -0.05) is 25.5 Å². The van der Waals surface area contributed by atoms with Crippen LogP contribution in [0.1, 0.15) is 36.2 Å². The highest BCUT2D eigenvalue weighted by molar-refractivity contribution is 5.94. The summed E-state index contributed by atoms with van der Waals surface area (Å²) in [5, 5.41) is 13.0. The zero-order valence-electron chi connectivity index (χ0n) is 11.5. The zero-order chi connectivity index (χ0) is 14.4. The van der Waals surface area contributed by atoms with Gasteiger partial charge < -0.3 is 15.2 Å². The van der Waals surface area contributed by atoms with Gasteiger partial charge in [0, 0.05) is 12.7 Å². The van der Waals surface area contributed by atoms with Crippen molar-refractivity contribution in [3.63, 3.8) is 0 Å². The van der Waals surface area contributed by atoms with Crippen LogP contribution in [0.15, 0.2) is 31.0 Å². The molecule has 20 heavy (non-hydrogen) atoms. The van der Waals surface area contributed by atoms with Gasteiger partial charge in [0.2, 0.25) is 0 Å². The first-order valence-electron chi connectivity index (χ1n) is 6.84. The van der Waals surface area contributed by atoms with Gasteiger partial charge in [0.05, 0.1) is 5.60 Å². The molecule has 0 unspecified atom stereocenters. The van der Waals surface area contributed by atoms with E-state index in [-0.39, 0.29) is 18.1 Å². The SMILES string of the molecule is C=CCOc1cccnc1C(=O)NCC1(O)CCCC1. The van der Waals surface area contributed by atoms with E-state index in [0.717, 1.165) is 25.7 Å². The summed E-state index contributed by atoms with van der Waals surface area (Å²) < 4.78 is 5.40. The molecule has 1 aromatic rings. The Morgan fingerprint density at radius 1 is 1.55 bits per heavy atom. The second kappa shape index (κ2) is 6.52. The molecule has 0 radical (unpaired) electrons. The number of aromatic nitrogens is 1. The third-order valence-corrected chi connectivity index (χ3v) is 3.45. The summed E-state index contributed by atoms with van der Waals surface area (Å²) in [7, 11) is 0. The summed E-state index contributed by atoms with van der Waals surface area (Å²) >= 11 is 0. The predicted molar refractivity (Wildman–Crippen MR) is 75.7 cm³/mol. The number of pyridine rings is 1. The van der Waals surface area contributed by atoms with Crippen molar-refractivity contribution in [3.8, 4) is 5.75 Å². The zero-order valence-corrected chi connectivity index (χ0v) is 11.5. The molecule has 1 amide bonds. The Labute approximate surface area is 118 Å². The average Bonchev–Trinajstić information content (AvgIpc) is 2.90. The second-order valence-corrected chi connectivity index (χ2v) is 5.06. The van der Waals surface area contributed by atoms with Crippen molar-refractivity contribution in [1.82, 2.24) is 10.3 Å². The molecular weight excluding hydrogens is 256 g/mol. The molecule has 0 aliphatic heterocycles. The third kappa shape index (κ3) is 3.57. The van der Waals surface area contributed by atoms with Gasteiger partial charge in [-0.05, 0) is 25.0 Å². The van der Waals surface area contributed by atoms with Crippen molar-refractivity contribution >= 4 is 5.91 Å². The number of ether oxygens (including phenoxy) is 1. The van der Waals surface area contributed by atoms with E-state index in [2.05, 4.69) is 16.9 Å². The highest BCUT2D eigenvalue weighted by Crippen LogP contribution is 2.28. The van der Waals surface area contributed by atoms with Gasteiger partial charge in [0.25, 0.3) is 5.91 Å². The normalized spacial score (nSPS) is 16.6. The molecule has 1 saturated carbocycles. The fourth-order valence-corrected chi connectivity index (χ4v) is 2.36. The summed E-state index contributed by atoms with van der Waals surface area (Å²) in [6.07, 6.45) is 6.62. The van der Waals surface area contributed by atoms with Gasteiger partial charge in [-0.2, -0.15) is 0 Å². The van der Waals surface area contributed by atoms with Crippen LogP contribution < -0.4 is 10.1 Å². The van der Waals surface area contributed by atoms with Crippen LogP contribution in [0.3, 0.4) is 0 Å². The Kier molecular flexibility index (Phi) is 4.74. The number of hydrogen-bond donors (Lipinski definition) is 2. The predicted octanol–water partition coefficient (Wildman–Crippen LogP) is 1.68. The first-order valence-corrected chi connectivity index (χ1v) is 6.84. The molecule has 5 nitrogen and oxygen atoms in total. The summed E-state index contributed by atoms with van der Waals surface area (Å²) in [5.41, 5.74) is -0.539. The Hall–Kier alpha value is -1.88. The van der Waals surface area contributed by atoms with E-state index in [1.165, 1.54) is 0 Å². The number of amides is 1. The van der Waals surface area contributed by atoms with Gasteiger partial charge >= 0.3 is 0 Å². The fourth-order valence-electron chi connectivity index (χ4n) is 2.36. The lowest BCUT2D eigenvalue weighted by Crippen LogP contribution is -2.41. The first-order chi connectivity index (χ1) is 9.64. The molecule has 0 bridgehead atoms. The van der Waals surface area contributed by atoms with E-state index >= 15 is 0 Å². The molecule has 1 aliphatic rings. The quantitative estimate of drug-likeness (QED) is 0.775. The molecule has 108 valence electrons. The molecule has 0 saturated heterocycles. The Balaban J connectivity index is 1.99. The third-order valence-electron chi connectivity index (χ3n) is 3.45. The molecule has 1 aromatic heterocycles. The fraction of sp³-hybridized carbons (Fsp3) is 0.467. The lowest BCUT2D eigenvalue weighted by atomic mass is 10.0. The van der Waals surface area contributed by atoms with Crippen LogP contribution in [-0.2, 0) is 0 Å². The monoisotopic (exact) mass is 276 g/mol. The lowest BCUT2D eigenvalue weighted by molar-refractivity contribution is 0.0448. The average molecular weight is 276 g/mol. The number of carbonyl (C=O) groups is 1. The Bertz CT molecular complexity index is 482. The minimum absolute atomic E-state index is 0.232. The molecule has 0 aromatic carbocycles. The number of hydrogen-bond acceptors (Lipinski definition) is 4. The first kappa shape index (κ1) is 14.5. The Morgan fingerprint density at radius 3 is 3.00 bits per heavy atom. The summed E-state index contributed by atoms with van der Waals surface area (Å²) in [4.78, 5) is 16.2. The largest absolute Gasteiger partial charge is 0.487 e. The lowest BCUT2D eigenvalue weighted by Gasteiger charge is -2.22. The standard InChI is InChI=1S/C15H20N2O3/c1-2-10-20-12-6-5-9-16-13(12)14(18)17-11-15(19)7-3-4-8-15/h2,5-6,9,19H,1,3-4,7-8,10-11H2,(H,17,18). The van der Waals surface area contributed by atoms with Crippen molar-refractivity contribution < 1.29 is 14.6 Å². The summed E-state index contributed by atoms with van der Waals surface area (Å²) in [5.74, 6) is 0.0910. The van der Waals surface area contributed by atoms with Crippen molar-refractivity contribution in [2.75, 3.05) is 13.2 Å².